The first-order chi connectivity index (χ1) is 7.08. The molecule has 2 nitrogen and oxygen atoms in total. The Kier molecular flexibility index (Phi) is 5.87. The molecule has 0 saturated carbocycles. The van der Waals surface area contributed by atoms with E-state index in [2.05, 4.69) is 46.6 Å². The Morgan fingerprint density at radius 1 is 1.60 bits per heavy atom. The molecule has 0 aromatic carbocycles. The van der Waals surface area contributed by atoms with Crippen molar-refractivity contribution in [2.45, 2.75) is 32.7 Å². The van der Waals surface area contributed by atoms with Gasteiger partial charge in [0.05, 0.1) is 0 Å². The first kappa shape index (κ1) is 13.2. The van der Waals surface area contributed by atoms with E-state index in [1.54, 1.807) is 0 Å². The third-order valence-electron chi connectivity index (χ3n) is 2.81. The van der Waals surface area contributed by atoms with E-state index in [0.29, 0.717) is 6.04 Å². The SMILES string of the molecule is C=C(Br)CN1CCCC(CNC(C)C)C1. The predicted molar refractivity (Wildman–Crippen MR) is 70.4 cm³/mol. The highest BCUT2D eigenvalue weighted by Gasteiger charge is 2.19. The summed E-state index contributed by atoms with van der Waals surface area (Å²) in [5, 5.41) is 3.53. The van der Waals surface area contributed by atoms with Crippen LogP contribution in [0.3, 0.4) is 0 Å². The van der Waals surface area contributed by atoms with Crippen molar-refractivity contribution in [1.82, 2.24) is 10.2 Å². The highest BCUT2D eigenvalue weighted by atomic mass is 79.9. The maximum atomic E-state index is 3.91. The van der Waals surface area contributed by atoms with Crippen LogP contribution in [0.15, 0.2) is 11.1 Å². The van der Waals surface area contributed by atoms with Gasteiger partial charge in [-0.1, -0.05) is 36.4 Å². The van der Waals surface area contributed by atoms with Crippen molar-refractivity contribution >= 4 is 15.9 Å². The second-order valence-electron chi connectivity index (χ2n) is 4.82. The van der Waals surface area contributed by atoms with Crippen molar-refractivity contribution in [2.24, 2.45) is 5.92 Å². The fourth-order valence-corrected chi connectivity index (χ4v) is 2.46. The second-order valence-corrected chi connectivity index (χ2v) is 5.95. The number of rotatable bonds is 5. The summed E-state index contributed by atoms with van der Waals surface area (Å²) in [7, 11) is 0. The van der Waals surface area contributed by atoms with Crippen LogP contribution < -0.4 is 5.32 Å². The number of nitrogens with zero attached hydrogens (tertiary/aromatic N) is 1. The molecule has 1 rings (SSSR count). The largest absolute Gasteiger partial charge is 0.314 e. The van der Waals surface area contributed by atoms with Crippen LogP contribution in [-0.4, -0.2) is 37.1 Å². The normalized spacial score (nSPS) is 23.3. The lowest BCUT2D eigenvalue weighted by Crippen LogP contribution is -2.41. The number of nitrogens with one attached hydrogen (secondary N) is 1. The quantitative estimate of drug-likeness (QED) is 0.829. The molecule has 1 aliphatic rings. The third-order valence-corrected chi connectivity index (χ3v) is 3.06. The lowest BCUT2D eigenvalue weighted by molar-refractivity contribution is 0.185. The predicted octanol–water partition coefficient (Wildman–Crippen LogP) is 2.61. The van der Waals surface area contributed by atoms with E-state index in [4.69, 9.17) is 0 Å². The van der Waals surface area contributed by atoms with Gasteiger partial charge in [0.1, 0.15) is 0 Å². The minimum absolute atomic E-state index is 0.603. The van der Waals surface area contributed by atoms with Crippen LogP contribution in [0.25, 0.3) is 0 Å². The summed E-state index contributed by atoms with van der Waals surface area (Å²) in [6.07, 6.45) is 2.69. The highest BCUT2D eigenvalue weighted by molar-refractivity contribution is 9.11. The molecular formula is C12H23BrN2. The van der Waals surface area contributed by atoms with Crippen LogP contribution >= 0.6 is 15.9 Å². The van der Waals surface area contributed by atoms with Crippen molar-refractivity contribution in [3.05, 3.63) is 11.1 Å². The minimum Gasteiger partial charge on any atom is -0.314 e. The van der Waals surface area contributed by atoms with Crippen LogP contribution in [0.4, 0.5) is 0 Å². The third kappa shape index (κ3) is 5.69. The molecule has 1 fully saturated rings. The summed E-state index contributed by atoms with van der Waals surface area (Å²) in [5.41, 5.74) is 0. The number of likely N-dealkylation sites (tertiary alicyclic amines) is 1. The molecule has 15 heavy (non-hydrogen) atoms. The highest BCUT2D eigenvalue weighted by Crippen LogP contribution is 2.17. The zero-order chi connectivity index (χ0) is 11.3. The molecule has 3 heteroatoms. The number of piperidine rings is 1. The van der Waals surface area contributed by atoms with E-state index in [1.165, 1.54) is 25.9 Å². The van der Waals surface area contributed by atoms with Gasteiger partial charge in [-0.25, -0.2) is 0 Å². The Labute approximate surface area is 102 Å². The second kappa shape index (κ2) is 6.66. The molecule has 0 radical (unpaired) electrons. The standard InChI is InChI=1S/C12H23BrN2/c1-10(2)14-7-12-5-4-6-15(9-12)8-11(3)13/h10,12,14H,3-9H2,1-2H3. The molecule has 1 aliphatic heterocycles. The molecule has 1 saturated heterocycles. The molecule has 0 amide bonds. The smallest absolute Gasteiger partial charge is 0.0294 e. The van der Waals surface area contributed by atoms with Crippen molar-refractivity contribution in [3.63, 3.8) is 0 Å². The molecule has 0 aliphatic carbocycles. The average molecular weight is 275 g/mol. The van der Waals surface area contributed by atoms with E-state index < -0.39 is 0 Å². The molecule has 88 valence electrons. The lowest BCUT2D eigenvalue weighted by Gasteiger charge is -2.33. The van der Waals surface area contributed by atoms with Gasteiger partial charge in [0.15, 0.2) is 0 Å². The van der Waals surface area contributed by atoms with Gasteiger partial charge in [0.25, 0.3) is 0 Å². The van der Waals surface area contributed by atoms with Gasteiger partial charge in [-0.05, 0) is 31.8 Å². The fourth-order valence-electron chi connectivity index (χ4n) is 2.11. The van der Waals surface area contributed by atoms with Crippen LogP contribution in [0.1, 0.15) is 26.7 Å². The summed E-state index contributed by atoms with van der Waals surface area (Å²) in [4.78, 5) is 2.49. The number of halogens is 1. The minimum atomic E-state index is 0.603. The molecule has 1 heterocycles. The molecule has 0 aromatic rings. The van der Waals surface area contributed by atoms with E-state index >= 15 is 0 Å². The molecular weight excluding hydrogens is 252 g/mol. The van der Waals surface area contributed by atoms with Gasteiger partial charge < -0.3 is 5.32 Å². The van der Waals surface area contributed by atoms with Crippen molar-refractivity contribution in [2.75, 3.05) is 26.2 Å². The van der Waals surface area contributed by atoms with Crippen LogP contribution in [0.5, 0.6) is 0 Å². The van der Waals surface area contributed by atoms with Gasteiger partial charge in [0, 0.05) is 23.6 Å². The number of hydrogen-bond donors (Lipinski definition) is 1. The van der Waals surface area contributed by atoms with Gasteiger partial charge in [0.2, 0.25) is 0 Å². The Hall–Kier alpha value is 0.140. The van der Waals surface area contributed by atoms with E-state index in [9.17, 15) is 0 Å². The first-order valence-corrected chi connectivity index (χ1v) is 6.66. The Morgan fingerprint density at radius 3 is 2.93 bits per heavy atom. The Balaban J connectivity index is 2.25. The van der Waals surface area contributed by atoms with Gasteiger partial charge in [-0.3, -0.25) is 4.90 Å². The van der Waals surface area contributed by atoms with Crippen molar-refractivity contribution in [3.8, 4) is 0 Å². The summed E-state index contributed by atoms with van der Waals surface area (Å²) in [6, 6.07) is 0.603. The lowest BCUT2D eigenvalue weighted by atomic mass is 9.98. The monoisotopic (exact) mass is 274 g/mol. The molecule has 1 N–H and O–H groups in total. The Morgan fingerprint density at radius 2 is 2.33 bits per heavy atom. The fraction of sp³-hybridized carbons (Fsp3) is 0.833. The summed E-state index contributed by atoms with van der Waals surface area (Å²) in [5.74, 6) is 0.813. The summed E-state index contributed by atoms with van der Waals surface area (Å²) in [6.45, 7) is 12.9. The molecule has 1 atom stereocenters. The van der Waals surface area contributed by atoms with Crippen molar-refractivity contribution in [1.29, 1.82) is 0 Å². The van der Waals surface area contributed by atoms with Crippen LogP contribution in [0, 0.1) is 5.92 Å². The van der Waals surface area contributed by atoms with E-state index in [0.717, 1.165) is 23.5 Å². The zero-order valence-corrected chi connectivity index (χ0v) is 11.5. The summed E-state index contributed by atoms with van der Waals surface area (Å²) < 4.78 is 1.10. The van der Waals surface area contributed by atoms with Gasteiger partial charge in [-0.15, -0.1) is 0 Å². The molecule has 0 bridgehead atoms. The van der Waals surface area contributed by atoms with Crippen LogP contribution in [-0.2, 0) is 0 Å². The zero-order valence-electron chi connectivity index (χ0n) is 9.93. The van der Waals surface area contributed by atoms with E-state index in [-0.39, 0.29) is 0 Å². The van der Waals surface area contributed by atoms with Crippen molar-refractivity contribution < 1.29 is 0 Å². The molecule has 0 aromatic heterocycles. The van der Waals surface area contributed by atoms with E-state index in [1.807, 2.05) is 0 Å². The first-order valence-electron chi connectivity index (χ1n) is 5.87. The van der Waals surface area contributed by atoms with Crippen LogP contribution in [0.2, 0.25) is 0 Å². The Bertz CT molecular complexity index is 204. The topological polar surface area (TPSA) is 15.3 Å². The van der Waals surface area contributed by atoms with Gasteiger partial charge >= 0.3 is 0 Å². The average Bonchev–Trinajstić information content (AvgIpc) is 2.14. The molecule has 1 unspecified atom stereocenters. The summed E-state index contributed by atoms with van der Waals surface area (Å²) >= 11 is 3.44. The molecule has 0 spiro atoms. The maximum Gasteiger partial charge on any atom is 0.0294 e. The number of hydrogen-bond acceptors (Lipinski definition) is 2. The maximum absolute atomic E-state index is 3.91. The van der Waals surface area contributed by atoms with Gasteiger partial charge in [-0.2, -0.15) is 0 Å².